The van der Waals surface area contributed by atoms with Crippen LogP contribution in [0.3, 0.4) is 0 Å². The van der Waals surface area contributed by atoms with Gasteiger partial charge in [0, 0.05) is 47.1 Å². The van der Waals surface area contributed by atoms with Gasteiger partial charge in [-0.3, -0.25) is 19.6 Å². The van der Waals surface area contributed by atoms with Crippen LogP contribution in [0.25, 0.3) is 0 Å². The van der Waals surface area contributed by atoms with Gasteiger partial charge in [-0.2, -0.15) is 0 Å². The Labute approximate surface area is 452 Å². The maximum atomic E-state index is 14.1. The molecule has 22 nitrogen and oxygen atoms in total. The summed E-state index contributed by atoms with van der Waals surface area (Å²) in [5.41, 5.74) is 7.82. The van der Waals surface area contributed by atoms with E-state index in [1.165, 1.54) is 0 Å². The fourth-order valence-corrected chi connectivity index (χ4v) is 6.84. The van der Waals surface area contributed by atoms with Crippen LogP contribution in [0, 0.1) is 41.0 Å². The van der Waals surface area contributed by atoms with Gasteiger partial charge in [0.1, 0.15) is 0 Å². The van der Waals surface area contributed by atoms with Gasteiger partial charge in [0.2, 0.25) is 0 Å². The summed E-state index contributed by atoms with van der Waals surface area (Å²) in [5, 5.41) is 7.17. The van der Waals surface area contributed by atoms with E-state index in [1.807, 2.05) is 159 Å². The van der Waals surface area contributed by atoms with Gasteiger partial charge in [-0.15, -0.1) is 41.0 Å². The van der Waals surface area contributed by atoms with Gasteiger partial charge in [0.25, 0.3) is 0 Å². The van der Waals surface area contributed by atoms with Crippen LogP contribution in [0.15, 0.2) is 201 Å². The van der Waals surface area contributed by atoms with Crippen molar-refractivity contribution in [3.8, 4) is 0 Å². The Hall–Kier alpha value is -4.87. The number of carbonyl (C=O) groups excluding carboxylic acids is 2. The van der Waals surface area contributed by atoms with Crippen molar-refractivity contribution in [1.82, 2.24) is 10.6 Å². The molecule has 2 N–H and O–H groups in total. The molecule has 1 aliphatic heterocycles. The first-order chi connectivity index (χ1) is 33.4. The number of ketones is 2. The summed E-state index contributed by atoms with van der Waals surface area (Å²) in [6.45, 7) is 3.97. The molecule has 0 fully saturated rings. The van der Waals surface area contributed by atoms with Crippen molar-refractivity contribution in [3.05, 3.63) is 214 Å². The number of nitrogens with one attached hydrogen (secondary N) is 2. The number of rotatable bonds is 4. The zero-order chi connectivity index (χ0) is 53.9. The predicted octanol–water partition coefficient (Wildman–Crippen LogP) is -10.1. The summed E-state index contributed by atoms with van der Waals surface area (Å²) in [4.78, 5) is 38.5. The summed E-state index contributed by atoms with van der Waals surface area (Å²) in [6, 6.07) is 38.6. The maximum Gasteiger partial charge on any atom is 2.00 e. The first-order valence-electron chi connectivity index (χ1n) is 20.0. The van der Waals surface area contributed by atoms with Crippen molar-refractivity contribution in [3.63, 3.8) is 0 Å². The average molecular weight is 1200 g/mol. The van der Waals surface area contributed by atoms with Crippen molar-refractivity contribution < 1.29 is 159 Å². The first kappa shape index (κ1) is 67.1. The molecule has 0 aromatic heterocycles. The molecule has 3 aliphatic rings. The number of Topliss-reactive ketones (excluding diaryl/α,β-unsaturated/α-hetero) is 2. The van der Waals surface area contributed by atoms with Crippen LogP contribution < -0.4 is 85.2 Å². The minimum absolute atomic E-state index is 0. The van der Waals surface area contributed by atoms with Crippen molar-refractivity contribution in [2.45, 2.75) is 38.0 Å². The maximum absolute atomic E-state index is 14.1. The molecule has 0 amide bonds. The Kier molecular flexibility index (Phi) is 28.4. The second-order valence-electron chi connectivity index (χ2n) is 14.7. The zero-order valence-corrected chi connectivity index (χ0v) is 43.0. The molecule has 0 saturated heterocycles. The minimum Gasteiger partial charge on any atom is -0.381 e. The molecular weight excluding hydrogens is 1160 g/mol. The summed E-state index contributed by atoms with van der Waals surface area (Å²) in [5.74, 6) is -0.253. The van der Waals surface area contributed by atoms with Gasteiger partial charge in [0.15, 0.2) is 11.6 Å². The summed E-state index contributed by atoms with van der Waals surface area (Å²) < 4.78 is 136. The van der Waals surface area contributed by atoms with E-state index >= 15 is 0 Å². The Morgan fingerprint density at radius 2 is 0.595 bits per heavy atom. The number of allylic oxidation sites excluding steroid dienone is 10. The van der Waals surface area contributed by atoms with E-state index in [0.717, 1.165) is 33.4 Å². The van der Waals surface area contributed by atoms with E-state index in [0.29, 0.717) is 22.3 Å². The molecule has 4 aromatic carbocycles. The number of halogens is 4. The van der Waals surface area contributed by atoms with Crippen molar-refractivity contribution in [2.24, 2.45) is 9.98 Å². The zero-order valence-electron chi connectivity index (χ0n) is 37.9. The predicted molar refractivity (Wildman–Crippen MR) is 210 cm³/mol. The molecule has 7 rings (SSSR count). The molecule has 398 valence electrons. The average Bonchev–Trinajstić information content (AvgIpc) is 3.27. The molecule has 4 atom stereocenters. The Morgan fingerprint density at radius 1 is 0.365 bits per heavy atom. The molecule has 74 heavy (non-hydrogen) atoms. The van der Waals surface area contributed by atoms with Gasteiger partial charge >= 0.3 is 33.6 Å². The summed E-state index contributed by atoms with van der Waals surface area (Å²) >= 11 is 0. The topological polar surface area (TPSA) is 452 Å². The second kappa shape index (κ2) is 31.2. The molecule has 1 heterocycles. The van der Waals surface area contributed by atoms with Gasteiger partial charge in [-0.05, 0) is 71.6 Å². The van der Waals surface area contributed by atoms with Crippen LogP contribution in [0.2, 0.25) is 0 Å². The number of hydrogen-bond acceptors (Lipinski definition) is 22. The van der Waals surface area contributed by atoms with Crippen LogP contribution in [-0.4, -0.2) is 24.0 Å². The number of hydrogen-bond donors (Lipinski definition) is 2. The molecule has 2 radical (unpaired) electrons. The van der Waals surface area contributed by atoms with E-state index in [1.54, 1.807) is 24.8 Å². The van der Waals surface area contributed by atoms with Crippen LogP contribution >= 0.6 is 0 Å². The standard InChI is InChI=1S/C46H40N4O2.4ClHO4.2Co/c1-31-23-37-27-47-41(33-15-7-3-8-16-33)43(35-19-11-5-12-20-35)49-29-39-25-32(2)26-40(46(39)52)30-50-44(36-21-13-6-14-22-36)42(34-17-9-4-10-18-34)48-28-38(24-31)45(37)51;4*2-1(3,4)5;;/h3-30,41-44,47,50H,1-2H3;4*(H,2,3,4,5);;/q;;;;;2*+2/p-4/b37-27-,40-30?,48-28?,49-29?;;;;;;/t41-,42-,43-,44-;;;;;;/m1....../s1. The number of carbonyl (C=O) groups is 2. The largest absolute Gasteiger partial charge is 2.00 e. The Balaban J connectivity index is 0.00000106. The first-order valence-corrected chi connectivity index (χ1v) is 24.9. The molecule has 2 aliphatic carbocycles. The molecule has 4 aromatic rings. The van der Waals surface area contributed by atoms with E-state index in [9.17, 15) is 9.59 Å². The fraction of sp³-hybridized carbons (Fsp3) is 0.130. The van der Waals surface area contributed by atoms with E-state index in [4.69, 9.17) is 84.5 Å². The third-order valence-electron chi connectivity index (χ3n) is 9.40. The van der Waals surface area contributed by atoms with Crippen LogP contribution in [0.4, 0.5) is 0 Å². The van der Waals surface area contributed by atoms with Crippen LogP contribution in [0.1, 0.15) is 60.3 Å². The molecule has 0 saturated carbocycles. The van der Waals surface area contributed by atoms with Gasteiger partial charge < -0.3 is 10.6 Å². The Bertz CT molecular complexity index is 2430. The van der Waals surface area contributed by atoms with Crippen molar-refractivity contribution in [1.29, 1.82) is 0 Å². The number of benzene rings is 4. The number of nitrogens with zero attached hydrogens (tertiary/aromatic N) is 2. The van der Waals surface area contributed by atoms with Crippen LogP contribution in [0.5, 0.6) is 0 Å². The molecular formula is C46H40Cl4Co2N4O18. The minimum atomic E-state index is -4.94. The second-order valence-corrected chi connectivity index (χ2v) is 17.7. The monoisotopic (exact) mass is 1190 g/mol. The third-order valence-corrected chi connectivity index (χ3v) is 9.40. The molecule has 0 spiro atoms. The van der Waals surface area contributed by atoms with E-state index in [2.05, 4.69) is 10.6 Å². The summed E-state index contributed by atoms with van der Waals surface area (Å²) in [6.07, 6.45) is 14.5. The number of fused-ring (bicyclic) bond motifs is 4. The van der Waals surface area contributed by atoms with Crippen molar-refractivity contribution in [2.75, 3.05) is 0 Å². The quantitative estimate of drug-likeness (QED) is 0.192. The van der Waals surface area contributed by atoms with Gasteiger partial charge in [-0.1, -0.05) is 121 Å². The third kappa shape index (κ3) is 27.6. The summed E-state index contributed by atoms with van der Waals surface area (Å²) in [7, 11) is -19.8. The van der Waals surface area contributed by atoms with Crippen LogP contribution in [-0.2, 0) is 43.1 Å². The van der Waals surface area contributed by atoms with Crippen molar-refractivity contribution >= 4 is 24.0 Å². The van der Waals surface area contributed by atoms with Gasteiger partial charge in [0.05, 0.1) is 24.2 Å². The molecule has 4 bridgehead atoms. The van der Waals surface area contributed by atoms with E-state index < -0.39 is 53.1 Å². The van der Waals surface area contributed by atoms with Gasteiger partial charge in [-0.25, -0.2) is 74.5 Å². The normalized spacial score (nSPS) is 19.5. The Morgan fingerprint density at radius 3 is 0.838 bits per heavy atom. The van der Waals surface area contributed by atoms with E-state index in [-0.39, 0.29) is 57.2 Å². The molecule has 28 heteroatoms. The smallest absolute Gasteiger partial charge is 0.381 e. The fourth-order valence-electron chi connectivity index (χ4n) is 6.84. The SMILES string of the molecule is CC1=CC2=CN[C@H](c3ccccc3)[C@@H](c3ccccc3)N=CC3=CC(C)=C/C(=C/N[C@H](c4ccccc4)[C@@H](c4ccccc4)N=CC(=C1)C2=O)C3=O.[Co+2].[Co+2].[O-][Cl+3]([O-])([O-])[O-].[O-][Cl+3]([O-])([O-])[O-].[O-][Cl+3]([O-])([O-])[O-].[O-][Cl+3]([O-])([O-])[O-]. The number of aliphatic imine (C=N–C) groups is 2. The molecule has 0 unspecified atom stereocenters.